The van der Waals surface area contributed by atoms with Crippen LogP contribution in [0, 0.1) is 17.8 Å². The van der Waals surface area contributed by atoms with Crippen molar-refractivity contribution in [2.75, 3.05) is 13.2 Å². The van der Waals surface area contributed by atoms with Gasteiger partial charge in [-0.05, 0) is 67.9 Å². The minimum Gasteiger partial charge on any atom is -0.543 e. The minimum absolute atomic E-state index is 0. The predicted octanol–water partition coefficient (Wildman–Crippen LogP) is -2.30. The van der Waals surface area contributed by atoms with E-state index in [9.17, 15) is 48.3 Å². The van der Waals surface area contributed by atoms with Gasteiger partial charge in [0, 0.05) is 23.8 Å². The number of carboxylic acid groups (broad SMARTS) is 1. The first-order valence-electron chi connectivity index (χ1n) is 16.3. The van der Waals surface area contributed by atoms with Crippen molar-refractivity contribution < 1.29 is 102 Å². The monoisotopic (exact) mass is 745 g/mol. The van der Waals surface area contributed by atoms with Gasteiger partial charge in [-0.15, -0.1) is 11.6 Å². The molecule has 1 aromatic rings. The first-order valence-corrected chi connectivity index (χ1v) is 16.7. The average Bonchev–Trinajstić information content (AvgIpc) is 2.99. The van der Waals surface area contributed by atoms with Gasteiger partial charge < -0.3 is 49.9 Å². The van der Waals surface area contributed by atoms with Gasteiger partial charge in [-0.25, -0.2) is 4.89 Å². The van der Waals surface area contributed by atoms with Crippen LogP contribution in [0.15, 0.2) is 18.2 Å². The van der Waals surface area contributed by atoms with E-state index >= 15 is 0 Å². The first-order chi connectivity index (χ1) is 22.9. The van der Waals surface area contributed by atoms with Crippen molar-refractivity contribution in [2.45, 2.75) is 117 Å². The molecule has 5 N–H and O–H groups in total. The number of carbonyl (C=O) groups excluding carboxylic acids is 2. The third-order valence-corrected chi connectivity index (χ3v) is 11.3. The Morgan fingerprint density at radius 1 is 1.14 bits per heavy atom. The fraction of sp³-hybridized carbons (Fsp3) is 0.750. The second-order valence-corrected chi connectivity index (χ2v) is 14.9. The largest absolute Gasteiger partial charge is 1.00 e. The van der Waals surface area contributed by atoms with E-state index in [4.69, 9.17) is 35.6 Å². The standard InChI is InChI=1S/C32H41ClF3NO12.Na/c1-3-17-4-5-18(32(45-14-30(34,35)36)31(48-49-32)19-6-16-7-20(31)11-28(33,9-16)10-19)8-23(17)46-29(27(43)44)12-21(40)24(37-15(2)39)26(47-29)25(42)22(41)13-38;/h4-5,8,16,19-22,24-26,38,40-42H,3,6-7,9-14H2,1-2H3,(H,37,39)(H,43,44);/q;+1/p-1/t16?,19?,20?,21-,22?,24+,25?,26+,28?,29-,31?,32?;/m0./s1. The smallest absolute Gasteiger partial charge is 0.543 e. The summed E-state index contributed by atoms with van der Waals surface area (Å²) < 4.78 is 58.7. The van der Waals surface area contributed by atoms with Crippen molar-refractivity contribution >= 4 is 23.5 Å². The Morgan fingerprint density at radius 2 is 1.80 bits per heavy atom. The summed E-state index contributed by atoms with van der Waals surface area (Å²) in [4.78, 5) is 35.7. The molecule has 0 radical (unpaired) electrons. The number of alkyl halides is 4. The number of aryl methyl sites for hydroxylation is 1. The van der Waals surface area contributed by atoms with Gasteiger partial charge in [-0.3, -0.25) is 4.79 Å². The molecule has 7 rings (SSSR count). The van der Waals surface area contributed by atoms with E-state index in [-0.39, 0.29) is 65.0 Å². The van der Waals surface area contributed by atoms with Crippen LogP contribution in [0.1, 0.15) is 63.5 Å². The fourth-order valence-corrected chi connectivity index (χ4v) is 9.57. The van der Waals surface area contributed by atoms with E-state index < -0.39 is 90.2 Å². The Hall–Kier alpha value is -1.28. The summed E-state index contributed by atoms with van der Waals surface area (Å²) in [6.45, 7) is 0.136. The molecule has 2 heterocycles. The Kier molecular flexibility index (Phi) is 11.3. The first kappa shape index (κ1) is 39.9. The summed E-state index contributed by atoms with van der Waals surface area (Å²) in [7, 11) is 0. The number of carbonyl (C=O) groups is 2. The fourth-order valence-electron chi connectivity index (χ4n) is 8.98. The third-order valence-electron chi connectivity index (χ3n) is 10.9. The zero-order valence-corrected chi connectivity index (χ0v) is 30.5. The molecular formula is C32H40ClF3NNaO12. The molecule has 13 nitrogen and oxygen atoms in total. The number of ether oxygens (including phenoxy) is 3. The van der Waals surface area contributed by atoms with Gasteiger partial charge >= 0.3 is 35.7 Å². The van der Waals surface area contributed by atoms with Crippen LogP contribution in [0.5, 0.6) is 5.75 Å². The van der Waals surface area contributed by atoms with Crippen molar-refractivity contribution in [1.82, 2.24) is 5.32 Å². The molecule has 4 saturated carbocycles. The van der Waals surface area contributed by atoms with Crippen LogP contribution < -0.4 is 44.7 Å². The van der Waals surface area contributed by atoms with Gasteiger partial charge in [-0.2, -0.15) is 18.1 Å². The maximum Gasteiger partial charge on any atom is 1.00 e. The Labute approximate surface area is 312 Å². The molecule has 5 unspecified atom stereocenters. The summed E-state index contributed by atoms with van der Waals surface area (Å²) in [6, 6.07) is 2.81. The molecule has 2 aliphatic heterocycles. The number of nitrogens with one attached hydrogen (secondary N) is 1. The molecule has 6 aliphatic rings. The third kappa shape index (κ3) is 6.70. The normalized spacial score (nSPS) is 40.0. The van der Waals surface area contributed by atoms with Gasteiger partial charge in [0.1, 0.15) is 36.6 Å². The summed E-state index contributed by atoms with van der Waals surface area (Å²) in [5, 5.41) is 56.6. The number of hydrogen-bond acceptors (Lipinski definition) is 12. The van der Waals surface area contributed by atoms with E-state index in [2.05, 4.69) is 5.32 Å². The summed E-state index contributed by atoms with van der Waals surface area (Å²) in [6.07, 6.45) is -9.87. The second-order valence-electron chi connectivity index (χ2n) is 14.1. The van der Waals surface area contributed by atoms with Crippen molar-refractivity contribution in [1.29, 1.82) is 0 Å². The van der Waals surface area contributed by atoms with Crippen LogP contribution in [0.4, 0.5) is 13.2 Å². The van der Waals surface area contributed by atoms with Crippen LogP contribution >= 0.6 is 11.6 Å². The summed E-state index contributed by atoms with van der Waals surface area (Å²) >= 11 is 6.96. The van der Waals surface area contributed by atoms with Crippen LogP contribution in [-0.2, 0) is 41.0 Å². The SMILES string of the molecule is CCc1ccc(C2(OCC(F)(F)F)OOC23C2CC4CC3CC(Cl)(C4)C2)cc1O[C@@]1(C(=O)[O-])C[C@H](O)[C@@H](NC(C)=O)[C@H](C(O)C(O)CO)O1.[Na+]. The quantitative estimate of drug-likeness (QED) is 0.0925. The molecule has 2 saturated heterocycles. The van der Waals surface area contributed by atoms with Crippen molar-refractivity contribution in [3.8, 4) is 5.75 Å². The van der Waals surface area contributed by atoms with Crippen molar-refractivity contribution in [2.24, 2.45) is 17.8 Å². The van der Waals surface area contributed by atoms with Gasteiger partial charge in [0.05, 0.1) is 18.8 Å². The molecule has 0 aromatic heterocycles. The molecular weight excluding hydrogens is 706 g/mol. The average molecular weight is 746 g/mol. The maximum atomic E-state index is 13.8. The van der Waals surface area contributed by atoms with E-state index in [0.29, 0.717) is 31.2 Å². The molecule has 50 heavy (non-hydrogen) atoms. The van der Waals surface area contributed by atoms with Crippen LogP contribution in [0.25, 0.3) is 0 Å². The minimum atomic E-state index is -4.75. The second kappa shape index (κ2) is 14.2. The van der Waals surface area contributed by atoms with E-state index in [0.717, 1.165) is 13.3 Å². The molecule has 6 fully saturated rings. The number of carboxylic acids is 1. The number of rotatable bonds is 11. The van der Waals surface area contributed by atoms with E-state index in [1.165, 1.54) is 18.2 Å². The Bertz CT molecular complexity index is 1440. The van der Waals surface area contributed by atoms with Crippen molar-refractivity contribution in [3.63, 3.8) is 0 Å². The molecule has 9 atom stereocenters. The number of benzene rings is 1. The van der Waals surface area contributed by atoms with Gasteiger partial charge in [0.25, 0.3) is 11.6 Å². The van der Waals surface area contributed by atoms with Gasteiger partial charge in [0.15, 0.2) is 5.60 Å². The van der Waals surface area contributed by atoms with Crippen LogP contribution in [-0.4, -0.2) is 98.4 Å². The van der Waals surface area contributed by atoms with Gasteiger partial charge in [0.2, 0.25) is 5.91 Å². The number of aliphatic hydroxyl groups excluding tert-OH is 4. The zero-order valence-electron chi connectivity index (χ0n) is 27.8. The number of aliphatic carboxylic acids is 1. The van der Waals surface area contributed by atoms with E-state index in [1.54, 1.807) is 6.92 Å². The molecule has 1 aromatic carbocycles. The van der Waals surface area contributed by atoms with E-state index in [1.807, 2.05) is 0 Å². The maximum absolute atomic E-state index is 13.8. The van der Waals surface area contributed by atoms with Crippen LogP contribution in [0.3, 0.4) is 0 Å². The predicted molar refractivity (Wildman–Crippen MR) is 157 cm³/mol. The van der Waals surface area contributed by atoms with Crippen molar-refractivity contribution in [3.05, 3.63) is 29.3 Å². The summed E-state index contributed by atoms with van der Waals surface area (Å²) in [5.41, 5.74) is -0.938. The number of hydrogen-bond donors (Lipinski definition) is 5. The Balaban J connectivity index is 0.00000486. The molecule has 274 valence electrons. The number of aliphatic hydroxyl groups is 4. The number of halogens is 4. The Morgan fingerprint density at radius 3 is 2.30 bits per heavy atom. The number of amides is 1. The molecule has 4 aliphatic carbocycles. The van der Waals surface area contributed by atoms with Gasteiger partial charge in [-0.1, -0.05) is 19.1 Å². The molecule has 1 spiro atoms. The summed E-state index contributed by atoms with van der Waals surface area (Å²) in [5.74, 6) is -8.22. The molecule has 18 heteroatoms. The molecule has 1 amide bonds. The topological polar surface area (TPSA) is 196 Å². The van der Waals surface area contributed by atoms with Crippen LogP contribution in [0.2, 0.25) is 0 Å². The molecule has 4 bridgehead atoms. The zero-order chi connectivity index (χ0) is 35.7.